The quantitative estimate of drug-likeness (QED) is 0.317. The highest BCUT2D eigenvalue weighted by Gasteiger charge is 2.31. The van der Waals surface area contributed by atoms with Crippen LogP contribution in [0.2, 0.25) is 0 Å². The molecule has 1 aliphatic heterocycles. The number of benzene rings is 3. The third-order valence-electron chi connectivity index (χ3n) is 6.92. The third-order valence-corrected chi connectivity index (χ3v) is 8.84. The molecular formula is C29H27FN6O2S. The summed E-state index contributed by atoms with van der Waals surface area (Å²) in [5, 5.41) is 5.67. The maximum Gasteiger partial charge on any atom is 0.243 e. The fourth-order valence-electron chi connectivity index (χ4n) is 4.94. The Hall–Kier alpha value is -4.15. The number of rotatable bonds is 6. The number of sulfonamides is 1. The van der Waals surface area contributed by atoms with E-state index < -0.39 is 15.8 Å². The second-order valence-corrected chi connectivity index (χ2v) is 11.4. The molecule has 198 valence electrons. The van der Waals surface area contributed by atoms with Gasteiger partial charge in [0.1, 0.15) is 17.5 Å². The third kappa shape index (κ3) is 4.88. The van der Waals surface area contributed by atoms with Crippen molar-refractivity contribution < 1.29 is 12.8 Å². The molecule has 2 aromatic heterocycles. The van der Waals surface area contributed by atoms with E-state index in [2.05, 4.69) is 4.90 Å². The van der Waals surface area contributed by atoms with Crippen molar-refractivity contribution in [1.29, 1.82) is 0 Å². The normalized spacial score (nSPS) is 14.7. The van der Waals surface area contributed by atoms with E-state index in [1.165, 1.54) is 28.6 Å². The first-order valence-corrected chi connectivity index (χ1v) is 14.2. The van der Waals surface area contributed by atoms with Gasteiger partial charge in [0.15, 0.2) is 5.65 Å². The van der Waals surface area contributed by atoms with Gasteiger partial charge < -0.3 is 4.90 Å². The predicted octanol–water partition coefficient (Wildman–Crippen LogP) is 4.36. The molecule has 0 bridgehead atoms. The van der Waals surface area contributed by atoms with Gasteiger partial charge in [0.25, 0.3) is 0 Å². The number of halogens is 1. The molecule has 0 atom stereocenters. The van der Waals surface area contributed by atoms with Crippen LogP contribution in [0, 0.1) is 12.7 Å². The van der Waals surface area contributed by atoms with Gasteiger partial charge in [-0.15, -0.1) is 0 Å². The van der Waals surface area contributed by atoms with Crippen molar-refractivity contribution in [2.24, 2.45) is 0 Å². The van der Waals surface area contributed by atoms with Gasteiger partial charge in [-0.05, 0) is 48.9 Å². The van der Waals surface area contributed by atoms with Crippen molar-refractivity contribution in [2.45, 2.75) is 18.2 Å². The van der Waals surface area contributed by atoms with E-state index in [1.54, 1.807) is 0 Å². The highest BCUT2D eigenvalue weighted by Crippen LogP contribution is 2.31. The predicted molar refractivity (Wildman–Crippen MR) is 148 cm³/mol. The van der Waals surface area contributed by atoms with Gasteiger partial charge in [0.2, 0.25) is 10.0 Å². The zero-order valence-electron chi connectivity index (χ0n) is 21.4. The van der Waals surface area contributed by atoms with Crippen LogP contribution in [0.5, 0.6) is 0 Å². The van der Waals surface area contributed by atoms with Gasteiger partial charge in [-0.2, -0.15) is 9.40 Å². The lowest BCUT2D eigenvalue weighted by molar-refractivity contribution is 0.384. The van der Waals surface area contributed by atoms with E-state index in [0.29, 0.717) is 25.3 Å². The molecule has 5 aromatic rings. The molecule has 39 heavy (non-hydrogen) atoms. The summed E-state index contributed by atoms with van der Waals surface area (Å²) in [6.07, 6.45) is 0.557. The van der Waals surface area contributed by atoms with E-state index >= 15 is 0 Å². The van der Waals surface area contributed by atoms with E-state index in [9.17, 15) is 12.8 Å². The Kier molecular flexibility index (Phi) is 6.58. The van der Waals surface area contributed by atoms with Crippen molar-refractivity contribution in [3.63, 3.8) is 0 Å². The van der Waals surface area contributed by atoms with Gasteiger partial charge in [-0.25, -0.2) is 27.5 Å². The molecule has 1 aliphatic rings. The summed E-state index contributed by atoms with van der Waals surface area (Å²) in [6, 6.07) is 24.9. The first-order valence-electron chi connectivity index (χ1n) is 12.8. The average Bonchev–Trinajstić information content (AvgIpc) is 3.30. The molecule has 1 fully saturated rings. The van der Waals surface area contributed by atoms with Crippen molar-refractivity contribution in [3.05, 3.63) is 108 Å². The minimum Gasteiger partial charge on any atom is -0.353 e. The number of hydrogen-bond donors (Lipinski definition) is 0. The van der Waals surface area contributed by atoms with Crippen LogP contribution in [0.4, 0.5) is 10.2 Å². The smallest absolute Gasteiger partial charge is 0.243 e. The number of anilines is 1. The topological polar surface area (TPSA) is 84.2 Å². The van der Waals surface area contributed by atoms with Crippen LogP contribution in [0.25, 0.3) is 16.7 Å². The molecule has 3 heterocycles. The second kappa shape index (κ2) is 10.2. The van der Waals surface area contributed by atoms with Gasteiger partial charge in [-0.3, -0.25) is 0 Å². The van der Waals surface area contributed by atoms with Gasteiger partial charge >= 0.3 is 0 Å². The molecule has 0 amide bonds. The lowest BCUT2D eigenvalue weighted by Gasteiger charge is -2.35. The Bertz CT molecular complexity index is 1720. The maximum atomic E-state index is 13.4. The van der Waals surface area contributed by atoms with Crippen LogP contribution in [0.1, 0.15) is 17.1 Å². The van der Waals surface area contributed by atoms with Crippen LogP contribution >= 0.6 is 0 Å². The zero-order chi connectivity index (χ0) is 27.0. The van der Waals surface area contributed by atoms with Crippen molar-refractivity contribution in [1.82, 2.24) is 24.1 Å². The summed E-state index contributed by atoms with van der Waals surface area (Å²) in [5.74, 6) is 0.955. The standard InChI is InChI=1S/C29H27FN6O2S/c1-21-27-28(34-16-18-35(19-17-34)39(37,38)25-14-12-23(30)13-15-25)31-26(20-22-8-4-2-5-9-22)32-29(27)36(33-21)24-10-6-3-7-11-24/h2-15H,16-20H2,1H3. The molecule has 0 N–H and O–H groups in total. The Morgan fingerprint density at radius 1 is 0.821 bits per heavy atom. The Morgan fingerprint density at radius 2 is 1.46 bits per heavy atom. The van der Waals surface area contributed by atoms with Crippen molar-refractivity contribution >= 4 is 26.9 Å². The molecular weight excluding hydrogens is 515 g/mol. The molecule has 6 rings (SSSR count). The van der Waals surface area contributed by atoms with Crippen LogP contribution in [-0.2, 0) is 16.4 Å². The van der Waals surface area contributed by atoms with E-state index in [0.717, 1.165) is 33.8 Å². The largest absolute Gasteiger partial charge is 0.353 e. The number of fused-ring (bicyclic) bond motifs is 1. The SMILES string of the molecule is Cc1nn(-c2ccccc2)c2nc(Cc3ccccc3)nc(N3CCN(S(=O)(=O)c4ccc(F)cc4)CC3)c12. The molecule has 0 spiro atoms. The Labute approximate surface area is 226 Å². The molecule has 0 aliphatic carbocycles. The molecule has 10 heteroatoms. The van der Waals surface area contributed by atoms with Crippen LogP contribution in [0.3, 0.4) is 0 Å². The number of aryl methyl sites for hydroxylation is 1. The summed E-state index contributed by atoms with van der Waals surface area (Å²) in [7, 11) is -3.73. The number of para-hydroxylation sites is 1. The van der Waals surface area contributed by atoms with Crippen LogP contribution in [-0.4, -0.2) is 58.7 Å². The van der Waals surface area contributed by atoms with Crippen LogP contribution < -0.4 is 4.90 Å². The molecule has 8 nitrogen and oxygen atoms in total. The maximum absolute atomic E-state index is 13.4. The lowest BCUT2D eigenvalue weighted by atomic mass is 10.1. The van der Waals surface area contributed by atoms with Gasteiger partial charge in [-0.1, -0.05) is 48.5 Å². The number of aromatic nitrogens is 4. The Morgan fingerprint density at radius 3 is 2.13 bits per heavy atom. The van der Waals surface area contributed by atoms with E-state index in [1.807, 2.05) is 72.3 Å². The number of nitrogens with zero attached hydrogens (tertiary/aromatic N) is 6. The first kappa shape index (κ1) is 25.1. The van der Waals surface area contributed by atoms with E-state index in [4.69, 9.17) is 15.1 Å². The Balaban J connectivity index is 1.37. The minimum absolute atomic E-state index is 0.0897. The fraction of sp³-hybridized carbons (Fsp3) is 0.207. The molecule has 0 radical (unpaired) electrons. The summed E-state index contributed by atoms with van der Waals surface area (Å²) in [6.45, 7) is 3.41. The first-order chi connectivity index (χ1) is 18.9. The van der Waals surface area contributed by atoms with E-state index in [-0.39, 0.29) is 18.0 Å². The molecule has 1 saturated heterocycles. The molecule has 0 unspecified atom stereocenters. The van der Waals surface area contributed by atoms with Crippen molar-refractivity contribution in [3.8, 4) is 5.69 Å². The fourth-order valence-corrected chi connectivity index (χ4v) is 6.36. The van der Waals surface area contributed by atoms with Crippen LogP contribution in [0.15, 0.2) is 89.8 Å². The minimum atomic E-state index is -3.73. The van der Waals surface area contributed by atoms with Gasteiger partial charge in [0, 0.05) is 32.6 Å². The average molecular weight is 543 g/mol. The summed E-state index contributed by atoms with van der Waals surface area (Å²) >= 11 is 0. The zero-order valence-corrected chi connectivity index (χ0v) is 22.2. The monoisotopic (exact) mass is 542 g/mol. The molecule has 3 aromatic carbocycles. The lowest BCUT2D eigenvalue weighted by Crippen LogP contribution is -2.49. The summed E-state index contributed by atoms with van der Waals surface area (Å²) in [4.78, 5) is 12.1. The highest BCUT2D eigenvalue weighted by atomic mass is 32.2. The second-order valence-electron chi connectivity index (χ2n) is 9.50. The number of piperazine rings is 1. The van der Waals surface area contributed by atoms with Gasteiger partial charge in [0.05, 0.1) is 21.7 Å². The summed E-state index contributed by atoms with van der Waals surface area (Å²) in [5.41, 5.74) is 3.52. The summed E-state index contributed by atoms with van der Waals surface area (Å²) < 4.78 is 43.0. The number of hydrogen-bond acceptors (Lipinski definition) is 6. The highest BCUT2D eigenvalue weighted by molar-refractivity contribution is 7.89. The van der Waals surface area contributed by atoms with Crippen molar-refractivity contribution in [2.75, 3.05) is 31.1 Å². The molecule has 0 saturated carbocycles.